The van der Waals surface area contributed by atoms with Crippen LogP contribution in [0.4, 0.5) is 0 Å². The van der Waals surface area contributed by atoms with E-state index < -0.39 is 6.04 Å². The van der Waals surface area contributed by atoms with Gasteiger partial charge in [-0.15, -0.1) is 0 Å². The van der Waals surface area contributed by atoms with Crippen LogP contribution >= 0.6 is 0 Å². The summed E-state index contributed by atoms with van der Waals surface area (Å²) in [5.41, 5.74) is 0.956. The van der Waals surface area contributed by atoms with Gasteiger partial charge < -0.3 is 10.0 Å². The Balaban J connectivity index is 2.32. The number of aliphatic hydroxyl groups is 1. The summed E-state index contributed by atoms with van der Waals surface area (Å²) >= 11 is 0. The minimum absolute atomic E-state index is 0.0669. The van der Waals surface area contributed by atoms with Crippen LogP contribution in [0.25, 0.3) is 0 Å². The van der Waals surface area contributed by atoms with Crippen LogP contribution in [-0.4, -0.2) is 34.3 Å². The van der Waals surface area contributed by atoms with Gasteiger partial charge in [-0.25, -0.2) is 0 Å². The number of ketones is 1. The van der Waals surface area contributed by atoms with Crippen molar-refractivity contribution in [3.05, 3.63) is 47.2 Å². The molecule has 0 saturated heterocycles. The van der Waals surface area contributed by atoms with E-state index in [0.29, 0.717) is 13.0 Å². The number of carbonyl (C=O) groups is 2. The number of benzene rings is 1. The third-order valence-electron chi connectivity index (χ3n) is 3.39. The lowest BCUT2D eigenvalue weighted by Gasteiger charge is -2.23. The van der Waals surface area contributed by atoms with E-state index in [9.17, 15) is 14.7 Å². The molecule has 0 unspecified atom stereocenters. The van der Waals surface area contributed by atoms with Gasteiger partial charge in [0.25, 0.3) is 5.91 Å². The molecular weight excluding hydrogens is 242 g/mol. The van der Waals surface area contributed by atoms with Crippen LogP contribution in [0.1, 0.15) is 19.4 Å². The molecular formula is C15H17NO3. The molecule has 0 bridgehead atoms. The molecule has 4 nitrogen and oxygen atoms in total. The van der Waals surface area contributed by atoms with Gasteiger partial charge in [-0.1, -0.05) is 30.3 Å². The average molecular weight is 259 g/mol. The SMILES string of the molecule is CCN1C(=O)C(C(C)=O)=C(O)[C@@H]1Cc1ccccc1. The van der Waals surface area contributed by atoms with Gasteiger partial charge in [0, 0.05) is 13.0 Å². The van der Waals surface area contributed by atoms with Crippen molar-refractivity contribution in [3.63, 3.8) is 0 Å². The van der Waals surface area contributed by atoms with Crippen molar-refractivity contribution < 1.29 is 14.7 Å². The highest BCUT2D eigenvalue weighted by Gasteiger charge is 2.40. The number of nitrogens with zero attached hydrogens (tertiary/aromatic N) is 1. The fourth-order valence-electron chi connectivity index (χ4n) is 2.45. The molecule has 0 radical (unpaired) electrons. The summed E-state index contributed by atoms with van der Waals surface area (Å²) in [6.45, 7) is 3.62. The van der Waals surface area contributed by atoms with Crippen molar-refractivity contribution in [2.45, 2.75) is 26.3 Å². The predicted molar refractivity (Wildman–Crippen MR) is 71.7 cm³/mol. The van der Waals surface area contributed by atoms with Crippen LogP contribution in [0.2, 0.25) is 0 Å². The zero-order valence-corrected chi connectivity index (χ0v) is 11.1. The second kappa shape index (κ2) is 5.26. The molecule has 1 amide bonds. The summed E-state index contributed by atoms with van der Waals surface area (Å²) in [6.07, 6.45) is 0.517. The summed E-state index contributed by atoms with van der Waals surface area (Å²) in [4.78, 5) is 25.1. The standard InChI is InChI=1S/C15H17NO3/c1-3-16-12(9-11-7-5-4-6-8-11)14(18)13(10(2)17)15(16)19/h4-8,12,18H,3,9H2,1-2H3/t12-/m0/s1. The molecule has 1 heterocycles. The van der Waals surface area contributed by atoms with E-state index in [0.717, 1.165) is 5.56 Å². The first-order chi connectivity index (χ1) is 9.06. The van der Waals surface area contributed by atoms with Gasteiger partial charge in [0.2, 0.25) is 0 Å². The molecule has 0 fully saturated rings. The third kappa shape index (κ3) is 2.38. The lowest BCUT2D eigenvalue weighted by Crippen LogP contribution is -2.37. The lowest BCUT2D eigenvalue weighted by atomic mass is 10.0. The molecule has 1 aromatic carbocycles. The third-order valence-corrected chi connectivity index (χ3v) is 3.39. The first-order valence-electron chi connectivity index (χ1n) is 6.35. The lowest BCUT2D eigenvalue weighted by molar-refractivity contribution is -0.128. The Morgan fingerprint density at radius 2 is 1.95 bits per heavy atom. The zero-order chi connectivity index (χ0) is 14.0. The van der Waals surface area contributed by atoms with E-state index in [4.69, 9.17) is 0 Å². The van der Waals surface area contributed by atoms with Crippen LogP contribution in [-0.2, 0) is 16.0 Å². The molecule has 0 aliphatic carbocycles. The van der Waals surface area contributed by atoms with Gasteiger partial charge in [-0.2, -0.15) is 0 Å². The fraction of sp³-hybridized carbons (Fsp3) is 0.333. The zero-order valence-electron chi connectivity index (χ0n) is 11.1. The summed E-state index contributed by atoms with van der Waals surface area (Å²) < 4.78 is 0. The number of hydrogen-bond donors (Lipinski definition) is 1. The van der Waals surface area contributed by atoms with Gasteiger partial charge in [-0.3, -0.25) is 9.59 Å². The minimum Gasteiger partial charge on any atom is -0.509 e. The normalized spacial score (nSPS) is 19.2. The molecule has 1 aromatic rings. The fourth-order valence-corrected chi connectivity index (χ4v) is 2.45. The smallest absolute Gasteiger partial charge is 0.261 e. The molecule has 1 N–H and O–H groups in total. The van der Waals surface area contributed by atoms with Crippen molar-refractivity contribution in [2.24, 2.45) is 0 Å². The molecule has 1 aliphatic rings. The Hall–Kier alpha value is -2.10. The number of rotatable bonds is 4. The largest absolute Gasteiger partial charge is 0.509 e. The second-order valence-corrected chi connectivity index (χ2v) is 4.61. The van der Waals surface area contributed by atoms with E-state index in [2.05, 4.69) is 0 Å². The van der Waals surface area contributed by atoms with E-state index in [1.165, 1.54) is 6.92 Å². The maximum absolute atomic E-state index is 12.1. The number of amides is 1. The van der Waals surface area contributed by atoms with Gasteiger partial charge in [0.1, 0.15) is 11.3 Å². The summed E-state index contributed by atoms with van der Waals surface area (Å²) in [7, 11) is 0. The van der Waals surface area contributed by atoms with Crippen LogP contribution < -0.4 is 0 Å². The first kappa shape index (κ1) is 13.3. The van der Waals surface area contributed by atoms with E-state index in [1.807, 2.05) is 37.3 Å². The minimum atomic E-state index is -0.432. The second-order valence-electron chi connectivity index (χ2n) is 4.61. The number of hydrogen-bond acceptors (Lipinski definition) is 3. The Kier molecular flexibility index (Phi) is 3.69. The topological polar surface area (TPSA) is 57.6 Å². The molecule has 19 heavy (non-hydrogen) atoms. The summed E-state index contributed by atoms with van der Waals surface area (Å²) in [5.74, 6) is -0.840. The highest BCUT2D eigenvalue weighted by atomic mass is 16.3. The molecule has 0 spiro atoms. The first-order valence-corrected chi connectivity index (χ1v) is 6.35. The van der Waals surface area contributed by atoms with Crippen LogP contribution in [0.3, 0.4) is 0 Å². The van der Waals surface area contributed by atoms with Crippen molar-refractivity contribution >= 4 is 11.7 Å². The van der Waals surface area contributed by atoms with Crippen molar-refractivity contribution in [1.29, 1.82) is 0 Å². The molecule has 2 rings (SSSR count). The average Bonchev–Trinajstić information content (AvgIpc) is 2.62. The van der Waals surface area contributed by atoms with E-state index in [-0.39, 0.29) is 23.0 Å². The molecule has 100 valence electrons. The predicted octanol–water partition coefficient (Wildman–Crippen LogP) is 1.86. The van der Waals surface area contributed by atoms with E-state index >= 15 is 0 Å². The number of aliphatic hydroxyl groups excluding tert-OH is 1. The monoisotopic (exact) mass is 259 g/mol. The van der Waals surface area contributed by atoms with Crippen molar-refractivity contribution in [2.75, 3.05) is 6.54 Å². The molecule has 1 aliphatic heterocycles. The van der Waals surface area contributed by atoms with E-state index in [1.54, 1.807) is 4.90 Å². The molecule has 0 aromatic heterocycles. The number of carbonyl (C=O) groups excluding carboxylic acids is 2. The Bertz CT molecular complexity index is 534. The Morgan fingerprint density at radius 3 is 2.47 bits per heavy atom. The number of Topliss-reactive ketones (excluding diaryl/α,β-unsaturated/α-hetero) is 1. The quantitative estimate of drug-likeness (QED) is 0.840. The van der Waals surface area contributed by atoms with Crippen LogP contribution in [0.5, 0.6) is 0 Å². The molecule has 4 heteroatoms. The summed E-state index contributed by atoms with van der Waals surface area (Å²) in [6, 6.07) is 9.19. The van der Waals surface area contributed by atoms with Crippen LogP contribution in [0, 0.1) is 0 Å². The maximum atomic E-state index is 12.1. The summed E-state index contributed by atoms with van der Waals surface area (Å²) in [5, 5.41) is 10.1. The highest BCUT2D eigenvalue weighted by molar-refractivity contribution is 6.20. The van der Waals surface area contributed by atoms with Gasteiger partial charge in [0.05, 0.1) is 6.04 Å². The van der Waals surface area contributed by atoms with Crippen LogP contribution in [0.15, 0.2) is 41.7 Å². The maximum Gasteiger partial charge on any atom is 0.261 e. The van der Waals surface area contributed by atoms with Crippen molar-refractivity contribution in [1.82, 2.24) is 4.90 Å². The van der Waals surface area contributed by atoms with Gasteiger partial charge in [0.15, 0.2) is 5.78 Å². The highest BCUT2D eigenvalue weighted by Crippen LogP contribution is 2.27. The molecule has 0 saturated carbocycles. The Labute approximate surface area is 112 Å². The van der Waals surface area contributed by atoms with Crippen molar-refractivity contribution in [3.8, 4) is 0 Å². The number of likely N-dealkylation sites (N-methyl/N-ethyl adjacent to an activating group) is 1. The van der Waals surface area contributed by atoms with Gasteiger partial charge >= 0.3 is 0 Å². The Morgan fingerprint density at radius 1 is 1.32 bits per heavy atom. The molecule has 1 atom stereocenters. The van der Waals surface area contributed by atoms with Gasteiger partial charge in [-0.05, 0) is 19.4 Å².